The first-order chi connectivity index (χ1) is 14.0. The van der Waals surface area contributed by atoms with Crippen LogP contribution in [0.1, 0.15) is 41.5 Å². The summed E-state index contributed by atoms with van der Waals surface area (Å²) in [5, 5.41) is 12.3. The first-order valence-electron chi connectivity index (χ1n) is 9.78. The normalized spacial score (nSPS) is 16.9. The van der Waals surface area contributed by atoms with E-state index >= 15 is 0 Å². The van der Waals surface area contributed by atoms with Crippen molar-refractivity contribution in [3.05, 3.63) is 69.4 Å². The molecule has 1 atom stereocenters. The van der Waals surface area contributed by atoms with Crippen molar-refractivity contribution in [2.75, 3.05) is 26.2 Å². The summed E-state index contributed by atoms with van der Waals surface area (Å²) in [6.45, 7) is 7.02. The van der Waals surface area contributed by atoms with Crippen molar-refractivity contribution in [2.45, 2.75) is 26.3 Å². The summed E-state index contributed by atoms with van der Waals surface area (Å²) in [5.41, 5.74) is 0.165. The molecule has 0 spiro atoms. The Morgan fingerprint density at radius 2 is 1.93 bits per heavy atom. The Labute approximate surface area is 174 Å². The van der Waals surface area contributed by atoms with Crippen molar-refractivity contribution in [3.63, 3.8) is 0 Å². The van der Waals surface area contributed by atoms with E-state index in [4.69, 9.17) is 0 Å². The smallest absolute Gasteiger partial charge is 0.290 e. The van der Waals surface area contributed by atoms with E-state index in [0.29, 0.717) is 17.8 Å². The largest absolute Gasteiger partial charge is 0.503 e. The van der Waals surface area contributed by atoms with Crippen molar-refractivity contribution in [2.24, 2.45) is 0 Å². The van der Waals surface area contributed by atoms with Crippen molar-refractivity contribution in [1.29, 1.82) is 0 Å². The number of halogens is 1. The van der Waals surface area contributed by atoms with E-state index < -0.39 is 29.3 Å². The average molecular weight is 417 g/mol. The van der Waals surface area contributed by atoms with E-state index in [-0.39, 0.29) is 11.1 Å². The van der Waals surface area contributed by atoms with Gasteiger partial charge in [-0.1, -0.05) is 38.1 Å². The average Bonchev–Trinajstić information content (AvgIpc) is 3.34. The summed E-state index contributed by atoms with van der Waals surface area (Å²) in [4.78, 5) is 29.9. The van der Waals surface area contributed by atoms with Crippen molar-refractivity contribution in [3.8, 4) is 0 Å². The van der Waals surface area contributed by atoms with Crippen LogP contribution in [0.3, 0.4) is 0 Å². The SMILES string of the molecule is CCN(CC)CCCN1C(=O)C(O)=C(C(=O)c2cccs2)C1c1ccccc1F. The van der Waals surface area contributed by atoms with E-state index in [0.717, 1.165) is 19.6 Å². The fraction of sp³-hybridized carbons (Fsp3) is 0.364. The van der Waals surface area contributed by atoms with Gasteiger partial charge in [0.2, 0.25) is 5.78 Å². The third kappa shape index (κ3) is 4.26. The number of rotatable bonds is 9. The van der Waals surface area contributed by atoms with Crippen LogP contribution in [0.5, 0.6) is 0 Å². The fourth-order valence-corrected chi connectivity index (χ4v) is 4.36. The van der Waals surface area contributed by atoms with Gasteiger partial charge in [-0.3, -0.25) is 9.59 Å². The molecule has 1 aromatic heterocycles. The Hall–Kier alpha value is -2.51. The molecule has 0 fully saturated rings. The minimum Gasteiger partial charge on any atom is -0.503 e. The number of benzene rings is 1. The van der Waals surface area contributed by atoms with Crippen LogP contribution in [-0.4, -0.2) is 52.8 Å². The predicted octanol–water partition coefficient (Wildman–Crippen LogP) is 4.20. The molecule has 1 aromatic carbocycles. The maximum atomic E-state index is 14.6. The maximum Gasteiger partial charge on any atom is 0.290 e. The van der Waals surface area contributed by atoms with Crippen LogP contribution in [0.25, 0.3) is 0 Å². The molecule has 7 heteroatoms. The van der Waals surface area contributed by atoms with E-state index in [1.165, 1.54) is 22.3 Å². The third-order valence-electron chi connectivity index (χ3n) is 5.26. The van der Waals surface area contributed by atoms with Crippen LogP contribution in [-0.2, 0) is 4.79 Å². The summed E-state index contributed by atoms with van der Waals surface area (Å²) in [6, 6.07) is 8.52. The van der Waals surface area contributed by atoms with Gasteiger partial charge in [-0.15, -0.1) is 11.3 Å². The van der Waals surface area contributed by atoms with Gasteiger partial charge in [0.25, 0.3) is 5.91 Å². The summed E-state index contributed by atoms with van der Waals surface area (Å²) in [5.74, 6) is -2.16. The van der Waals surface area contributed by atoms with Gasteiger partial charge in [-0.05, 0) is 43.6 Å². The highest BCUT2D eigenvalue weighted by molar-refractivity contribution is 7.12. The highest BCUT2D eigenvalue weighted by atomic mass is 32.1. The van der Waals surface area contributed by atoms with E-state index in [9.17, 15) is 19.1 Å². The van der Waals surface area contributed by atoms with Crippen LogP contribution in [0.4, 0.5) is 4.39 Å². The molecule has 1 N–H and O–H groups in total. The van der Waals surface area contributed by atoms with Crippen molar-refractivity contribution in [1.82, 2.24) is 9.80 Å². The summed E-state index contributed by atoms with van der Waals surface area (Å²) < 4.78 is 14.6. The molecule has 2 heterocycles. The summed E-state index contributed by atoms with van der Waals surface area (Å²) in [6.07, 6.45) is 0.659. The number of carbonyl (C=O) groups excluding carboxylic acids is 2. The quantitative estimate of drug-likeness (QED) is 0.623. The number of amides is 1. The molecule has 3 rings (SSSR count). The number of hydrogen-bond donors (Lipinski definition) is 1. The lowest BCUT2D eigenvalue weighted by Crippen LogP contribution is -2.34. The van der Waals surface area contributed by atoms with Gasteiger partial charge in [0.15, 0.2) is 5.76 Å². The molecule has 154 valence electrons. The van der Waals surface area contributed by atoms with Crippen molar-refractivity contribution >= 4 is 23.0 Å². The molecule has 0 saturated heterocycles. The van der Waals surface area contributed by atoms with Gasteiger partial charge in [-0.2, -0.15) is 0 Å². The van der Waals surface area contributed by atoms with Crippen LogP contribution in [0, 0.1) is 5.82 Å². The molecule has 5 nitrogen and oxygen atoms in total. The highest BCUT2D eigenvalue weighted by Gasteiger charge is 2.44. The maximum absolute atomic E-state index is 14.6. The number of Topliss-reactive ketones (excluding diaryl/α,β-unsaturated/α-hetero) is 1. The zero-order valence-corrected chi connectivity index (χ0v) is 17.4. The molecule has 0 aliphatic carbocycles. The van der Waals surface area contributed by atoms with Crippen molar-refractivity contribution < 1.29 is 19.1 Å². The number of thiophene rings is 1. The van der Waals surface area contributed by atoms with Gasteiger partial charge in [0, 0.05) is 12.1 Å². The fourth-order valence-electron chi connectivity index (χ4n) is 3.68. The van der Waals surface area contributed by atoms with Gasteiger partial charge in [0.05, 0.1) is 16.5 Å². The third-order valence-corrected chi connectivity index (χ3v) is 6.13. The standard InChI is InChI=1S/C22H25FN2O3S/c1-3-24(4-2)12-8-13-25-19(15-9-5-6-10-16(15)23)18(21(27)22(25)28)20(26)17-11-7-14-29-17/h5-7,9-11,14,19,27H,3-4,8,12-13H2,1-2H3. The number of aliphatic hydroxyl groups is 1. The molecule has 29 heavy (non-hydrogen) atoms. The lowest BCUT2D eigenvalue weighted by Gasteiger charge is -2.28. The molecular formula is C22H25FN2O3S. The molecular weight excluding hydrogens is 391 g/mol. The lowest BCUT2D eigenvalue weighted by molar-refractivity contribution is -0.129. The van der Waals surface area contributed by atoms with E-state index in [1.807, 2.05) is 0 Å². The molecule has 2 aromatic rings. The number of aliphatic hydroxyl groups excluding tert-OH is 1. The van der Waals surface area contributed by atoms with Gasteiger partial charge in [-0.25, -0.2) is 4.39 Å². The number of hydrogen-bond acceptors (Lipinski definition) is 5. The van der Waals surface area contributed by atoms with E-state index in [1.54, 1.807) is 35.7 Å². The zero-order chi connectivity index (χ0) is 21.0. The minimum absolute atomic E-state index is 0.0506. The Morgan fingerprint density at radius 1 is 1.21 bits per heavy atom. The molecule has 0 radical (unpaired) electrons. The lowest BCUT2D eigenvalue weighted by atomic mass is 9.95. The van der Waals surface area contributed by atoms with Crippen LogP contribution >= 0.6 is 11.3 Å². The second kappa shape index (κ2) is 9.33. The van der Waals surface area contributed by atoms with Gasteiger partial charge >= 0.3 is 0 Å². The summed E-state index contributed by atoms with van der Waals surface area (Å²) >= 11 is 1.23. The Bertz CT molecular complexity index is 907. The number of carbonyl (C=O) groups is 2. The Morgan fingerprint density at radius 3 is 2.55 bits per heavy atom. The molecule has 1 aliphatic heterocycles. The molecule has 1 unspecified atom stereocenters. The minimum atomic E-state index is -0.935. The topological polar surface area (TPSA) is 60.9 Å². The van der Waals surface area contributed by atoms with Gasteiger partial charge < -0.3 is 14.9 Å². The van der Waals surface area contributed by atoms with Crippen LogP contribution < -0.4 is 0 Å². The zero-order valence-electron chi connectivity index (χ0n) is 16.6. The first-order valence-corrected chi connectivity index (χ1v) is 10.7. The Kier molecular flexibility index (Phi) is 6.82. The molecule has 1 aliphatic rings. The molecule has 1 amide bonds. The monoisotopic (exact) mass is 416 g/mol. The van der Waals surface area contributed by atoms with Crippen LogP contribution in [0.15, 0.2) is 53.1 Å². The first kappa shape index (κ1) is 21.2. The second-order valence-electron chi connectivity index (χ2n) is 6.87. The predicted molar refractivity (Wildman–Crippen MR) is 112 cm³/mol. The summed E-state index contributed by atoms with van der Waals surface area (Å²) in [7, 11) is 0. The van der Waals surface area contributed by atoms with Crippen LogP contribution in [0.2, 0.25) is 0 Å². The second-order valence-corrected chi connectivity index (χ2v) is 7.82. The molecule has 0 bridgehead atoms. The molecule has 0 saturated carbocycles. The van der Waals surface area contributed by atoms with E-state index in [2.05, 4.69) is 18.7 Å². The Balaban J connectivity index is 1.95. The highest BCUT2D eigenvalue weighted by Crippen LogP contribution is 2.40. The number of nitrogens with zero attached hydrogens (tertiary/aromatic N) is 2. The number of ketones is 1. The van der Waals surface area contributed by atoms with Gasteiger partial charge in [0.1, 0.15) is 5.82 Å².